The molecule has 29 heavy (non-hydrogen) atoms. The summed E-state index contributed by atoms with van der Waals surface area (Å²) in [5, 5.41) is 0. The van der Waals surface area contributed by atoms with E-state index in [9.17, 15) is 9.59 Å². The highest BCUT2D eigenvalue weighted by atomic mass is 16.2. The van der Waals surface area contributed by atoms with Gasteiger partial charge >= 0.3 is 0 Å². The number of allylic oxidation sites excluding steroid dienone is 1. The van der Waals surface area contributed by atoms with Crippen molar-refractivity contribution in [3.05, 3.63) is 77.4 Å². The van der Waals surface area contributed by atoms with Gasteiger partial charge in [0.1, 0.15) is 0 Å². The molecule has 4 heteroatoms. The molecule has 1 aliphatic heterocycles. The number of carbonyl (C=O) groups is 2. The fraction of sp³-hybridized carbons (Fsp3) is 0.360. The molecular weight excluding hydrogens is 360 g/mol. The molecule has 0 saturated carbocycles. The average Bonchev–Trinajstić information content (AvgIpc) is 3.36. The quantitative estimate of drug-likeness (QED) is 0.753. The molecule has 0 N–H and O–H groups in total. The Morgan fingerprint density at radius 2 is 1.72 bits per heavy atom. The van der Waals surface area contributed by atoms with Crippen LogP contribution >= 0.6 is 0 Å². The Bertz CT molecular complexity index is 905. The third kappa shape index (κ3) is 4.48. The highest BCUT2D eigenvalue weighted by Gasteiger charge is 2.31. The summed E-state index contributed by atoms with van der Waals surface area (Å²) in [7, 11) is 1.89. The maximum absolute atomic E-state index is 13.0. The number of rotatable bonds is 6. The third-order valence-electron chi connectivity index (χ3n) is 6.19. The van der Waals surface area contributed by atoms with Crippen LogP contribution in [0.4, 0.5) is 0 Å². The molecule has 2 aromatic rings. The lowest BCUT2D eigenvalue weighted by Crippen LogP contribution is -2.39. The largest absolute Gasteiger partial charge is 0.341 e. The van der Waals surface area contributed by atoms with Gasteiger partial charge in [-0.25, -0.2) is 0 Å². The van der Waals surface area contributed by atoms with Crippen molar-refractivity contribution in [3.8, 4) is 0 Å². The number of benzene rings is 2. The molecule has 1 fully saturated rings. The smallest absolute Gasteiger partial charge is 0.227 e. The summed E-state index contributed by atoms with van der Waals surface area (Å²) in [6.07, 6.45) is 2.46. The minimum atomic E-state index is 0.0512. The fourth-order valence-electron chi connectivity index (χ4n) is 4.46. The van der Waals surface area contributed by atoms with Crippen molar-refractivity contribution in [1.82, 2.24) is 9.80 Å². The number of likely N-dealkylation sites (N-methyl/N-ethyl adjacent to an activating group) is 1. The van der Waals surface area contributed by atoms with Gasteiger partial charge in [0.25, 0.3) is 0 Å². The van der Waals surface area contributed by atoms with Crippen LogP contribution in [0.1, 0.15) is 36.8 Å². The number of Topliss-reactive ketones (excluding diaryl/α,β-unsaturated/α-hetero) is 1. The zero-order valence-corrected chi connectivity index (χ0v) is 17.0. The van der Waals surface area contributed by atoms with Crippen LogP contribution in [-0.2, 0) is 16.1 Å². The van der Waals surface area contributed by atoms with Gasteiger partial charge in [-0.2, -0.15) is 0 Å². The molecule has 0 radical (unpaired) electrons. The van der Waals surface area contributed by atoms with Crippen molar-refractivity contribution < 1.29 is 9.59 Å². The summed E-state index contributed by atoms with van der Waals surface area (Å²) in [6, 6.07) is 20.7. The Morgan fingerprint density at radius 3 is 2.45 bits per heavy atom. The van der Waals surface area contributed by atoms with Crippen LogP contribution in [0.5, 0.6) is 0 Å². The molecule has 150 valence electrons. The van der Waals surface area contributed by atoms with Crippen molar-refractivity contribution in [1.29, 1.82) is 0 Å². The van der Waals surface area contributed by atoms with Gasteiger partial charge in [-0.05, 0) is 29.5 Å². The molecule has 0 bridgehead atoms. The van der Waals surface area contributed by atoms with E-state index in [1.807, 2.05) is 48.3 Å². The molecule has 0 unspecified atom stereocenters. The molecule has 0 spiro atoms. The summed E-state index contributed by atoms with van der Waals surface area (Å²) in [4.78, 5) is 29.7. The number of nitrogens with zero attached hydrogens (tertiary/aromatic N) is 2. The first kappa shape index (κ1) is 19.6. The maximum Gasteiger partial charge on any atom is 0.227 e. The summed E-state index contributed by atoms with van der Waals surface area (Å²) < 4.78 is 0. The van der Waals surface area contributed by atoms with E-state index in [0.29, 0.717) is 12.0 Å². The predicted octanol–water partition coefficient (Wildman–Crippen LogP) is 3.93. The number of hydrogen-bond donors (Lipinski definition) is 0. The summed E-state index contributed by atoms with van der Waals surface area (Å²) in [5.41, 5.74) is 4.14. The Morgan fingerprint density at radius 1 is 1.03 bits per heavy atom. The van der Waals surface area contributed by atoms with Gasteiger partial charge < -0.3 is 4.90 Å². The molecule has 1 heterocycles. The monoisotopic (exact) mass is 388 g/mol. The molecule has 1 amide bonds. The Kier molecular flexibility index (Phi) is 5.91. The van der Waals surface area contributed by atoms with Gasteiger partial charge in [0.05, 0.1) is 6.42 Å². The van der Waals surface area contributed by atoms with E-state index < -0.39 is 0 Å². The predicted molar refractivity (Wildman–Crippen MR) is 115 cm³/mol. The molecular formula is C25H28N2O2. The lowest BCUT2D eigenvalue weighted by Gasteiger charge is -2.25. The van der Waals surface area contributed by atoms with Crippen molar-refractivity contribution in [2.45, 2.75) is 38.3 Å². The summed E-state index contributed by atoms with van der Waals surface area (Å²) in [5.74, 6) is 0.179. The standard InChI is InChI=1S/C25H28N2O2/c1-26(21-14-15-27(18-21)17-19-8-4-2-5-9-19)25(29)16-23-22(12-13-24(23)28)20-10-6-3-7-11-20/h2-11,21H,12-18H2,1H3/t21-/m0/s1. The normalized spacial score (nSPS) is 19.8. The summed E-state index contributed by atoms with van der Waals surface area (Å²) >= 11 is 0. The van der Waals surface area contributed by atoms with Crippen molar-refractivity contribution in [3.63, 3.8) is 0 Å². The van der Waals surface area contributed by atoms with E-state index >= 15 is 0 Å². The second kappa shape index (κ2) is 8.75. The van der Waals surface area contributed by atoms with Gasteiger partial charge in [-0.15, -0.1) is 0 Å². The van der Waals surface area contributed by atoms with Crippen LogP contribution in [-0.4, -0.2) is 47.7 Å². The van der Waals surface area contributed by atoms with Crippen LogP contribution < -0.4 is 0 Å². The first-order valence-electron chi connectivity index (χ1n) is 10.4. The van der Waals surface area contributed by atoms with E-state index in [1.165, 1.54) is 5.56 Å². The average molecular weight is 389 g/mol. The fourth-order valence-corrected chi connectivity index (χ4v) is 4.46. The second-order valence-corrected chi connectivity index (χ2v) is 8.09. The molecule has 0 aromatic heterocycles. The SMILES string of the molecule is CN(C(=O)CC1=C(c2ccccc2)CCC1=O)[C@H]1CCN(Cc2ccccc2)C1. The molecule has 4 rings (SSSR count). The Hall–Kier alpha value is -2.72. The van der Waals surface area contributed by atoms with Crippen LogP contribution in [0, 0.1) is 0 Å². The van der Waals surface area contributed by atoms with Gasteiger partial charge in [0.2, 0.25) is 5.91 Å². The van der Waals surface area contributed by atoms with Crippen LogP contribution in [0.25, 0.3) is 5.57 Å². The van der Waals surface area contributed by atoms with E-state index in [0.717, 1.165) is 43.6 Å². The third-order valence-corrected chi connectivity index (χ3v) is 6.19. The first-order chi connectivity index (χ1) is 14.1. The van der Waals surface area contributed by atoms with Crippen LogP contribution in [0.15, 0.2) is 66.2 Å². The molecule has 1 aliphatic carbocycles. The van der Waals surface area contributed by atoms with Crippen molar-refractivity contribution in [2.75, 3.05) is 20.1 Å². The Balaban J connectivity index is 1.40. The van der Waals surface area contributed by atoms with Crippen molar-refractivity contribution in [2.24, 2.45) is 0 Å². The van der Waals surface area contributed by atoms with Gasteiger partial charge in [0, 0.05) is 44.7 Å². The molecule has 2 aromatic carbocycles. The maximum atomic E-state index is 13.0. The lowest BCUT2D eigenvalue weighted by molar-refractivity contribution is -0.131. The van der Waals surface area contributed by atoms with Crippen LogP contribution in [0.3, 0.4) is 0 Å². The lowest BCUT2D eigenvalue weighted by atomic mass is 9.99. The molecule has 1 saturated heterocycles. The number of hydrogen-bond acceptors (Lipinski definition) is 3. The van der Waals surface area contributed by atoms with E-state index in [4.69, 9.17) is 0 Å². The first-order valence-corrected chi connectivity index (χ1v) is 10.4. The highest BCUT2D eigenvalue weighted by molar-refractivity contribution is 6.10. The van der Waals surface area contributed by atoms with Crippen LogP contribution in [0.2, 0.25) is 0 Å². The zero-order chi connectivity index (χ0) is 20.2. The van der Waals surface area contributed by atoms with E-state index in [1.54, 1.807) is 0 Å². The zero-order valence-electron chi connectivity index (χ0n) is 17.0. The van der Waals surface area contributed by atoms with Gasteiger partial charge in [-0.1, -0.05) is 60.7 Å². The summed E-state index contributed by atoms with van der Waals surface area (Å²) in [6.45, 7) is 2.80. The number of ketones is 1. The van der Waals surface area contributed by atoms with Crippen molar-refractivity contribution >= 4 is 17.3 Å². The number of carbonyl (C=O) groups excluding carboxylic acids is 2. The number of amides is 1. The van der Waals surface area contributed by atoms with Gasteiger partial charge in [0.15, 0.2) is 5.78 Å². The number of likely N-dealkylation sites (tertiary alicyclic amines) is 1. The Labute approximate surface area is 172 Å². The minimum absolute atomic E-state index is 0.0512. The topological polar surface area (TPSA) is 40.6 Å². The molecule has 1 atom stereocenters. The minimum Gasteiger partial charge on any atom is -0.341 e. The van der Waals surface area contributed by atoms with E-state index in [-0.39, 0.29) is 24.2 Å². The molecule has 2 aliphatic rings. The molecule has 4 nitrogen and oxygen atoms in total. The second-order valence-electron chi connectivity index (χ2n) is 8.09. The highest BCUT2D eigenvalue weighted by Crippen LogP contribution is 2.34. The van der Waals surface area contributed by atoms with E-state index in [2.05, 4.69) is 29.2 Å². The van der Waals surface area contributed by atoms with Gasteiger partial charge in [-0.3, -0.25) is 14.5 Å².